The van der Waals surface area contributed by atoms with Crippen molar-refractivity contribution in [3.8, 4) is 16.9 Å². The van der Waals surface area contributed by atoms with Gasteiger partial charge in [0, 0.05) is 17.5 Å². The van der Waals surface area contributed by atoms with Crippen molar-refractivity contribution in [1.29, 1.82) is 0 Å². The van der Waals surface area contributed by atoms with Crippen LogP contribution in [0.15, 0.2) is 42.5 Å². The Morgan fingerprint density at radius 2 is 1.81 bits per heavy atom. The number of hydrogen-bond donors (Lipinski definition) is 2. The Hall–Kier alpha value is -2.04. The van der Waals surface area contributed by atoms with Crippen LogP contribution in [0.5, 0.6) is 5.75 Å². The summed E-state index contributed by atoms with van der Waals surface area (Å²) < 4.78 is 34.3. The van der Waals surface area contributed by atoms with Gasteiger partial charge >= 0.3 is 5.97 Å². The summed E-state index contributed by atoms with van der Waals surface area (Å²) in [5, 5.41) is 19.5. The average Bonchev–Trinajstić information content (AvgIpc) is 2.85. The molecule has 26 heavy (non-hydrogen) atoms. The van der Waals surface area contributed by atoms with Gasteiger partial charge in [-0.15, -0.1) is 0 Å². The highest BCUT2D eigenvalue weighted by Crippen LogP contribution is 2.57. The first-order valence-corrected chi connectivity index (χ1v) is 8.81. The monoisotopic (exact) mass is 380 g/mol. The fourth-order valence-corrected chi connectivity index (χ4v) is 3.56. The van der Waals surface area contributed by atoms with Gasteiger partial charge in [-0.05, 0) is 36.1 Å². The van der Waals surface area contributed by atoms with Gasteiger partial charge in [0.25, 0.3) is 5.66 Å². The van der Waals surface area contributed by atoms with Crippen LogP contribution in [0.4, 0.5) is 8.78 Å². The zero-order chi connectivity index (χ0) is 18.9. The molecule has 138 valence electrons. The van der Waals surface area contributed by atoms with E-state index in [1.165, 1.54) is 21.4 Å². The summed E-state index contributed by atoms with van der Waals surface area (Å²) in [6.07, 6.45) is 1.06. The summed E-state index contributed by atoms with van der Waals surface area (Å²) >= 11 is 0. The van der Waals surface area contributed by atoms with Gasteiger partial charge in [0.15, 0.2) is 5.60 Å². The van der Waals surface area contributed by atoms with E-state index in [1.54, 1.807) is 30.3 Å². The van der Waals surface area contributed by atoms with E-state index >= 15 is 0 Å². The fourth-order valence-electron chi connectivity index (χ4n) is 3.25. The topological polar surface area (TPSA) is 66.8 Å². The number of alkyl halides is 2. The predicted molar refractivity (Wildman–Crippen MR) is 96.5 cm³/mol. The molecule has 0 fully saturated rings. The number of unbranched alkanes of at least 4 members (excludes halogenated alkanes) is 1. The maximum absolute atomic E-state index is 14.3. The number of carbonyl (C=O) groups is 1. The zero-order valence-electron chi connectivity index (χ0n) is 13.9. The second-order valence-corrected chi connectivity index (χ2v) is 7.01. The second-order valence-electron chi connectivity index (χ2n) is 6.29. The van der Waals surface area contributed by atoms with Gasteiger partial charge in [-0.1, -0.05) is 39.6 Å². The summed E-state index contributed by atoms with van der Waals surface area (Å²) in [5.41, 5.74) is -4.54. The summed E-state index contributed by atoms with van der Waals surface area (Å²) in [7, 11) is 1.43. The largest absolute Gasteiger partial charge is 0.494 e. The molecule has 2 N–H and O–H groups in total. The SMILES string of the molecule is O=C(O)CCCCOc1ccc2c(c1)C(O)(C(F)(F)P)c1ccccc1-2. The van der Waals surface area contributed by atoms with Gasteiger partial charge in [0.1, 0.15) is 5.75 Å². The minimum absolute atomic E-state index is 0.0574. The Bertz CT molecular complexity index is 835. The number of carboxylic acid groups (broad SMARTS) is 1. The first-order valence-electron chi connectivity index (χ1n) is 8.23. The molecule has 2 unspecified atom stereocenters. The minimum Gasteiger partial charge on any atom is -0.494 e. The van der Waals surface area contributed by atoms with Crippen LogP contribution in [0.25, 0.3) is 11.1 Å². The summed E-state index contributed by atoms with van der Waals surface area (Å²) in [6, 6.07) is 11.3. The molecule has 1 aliphatic rings. The molecule has 0 heterocycles. The van der Waals surface area contributed by atoms with Gasteiger partial charge < -0.3 is 14.9 Å². The second kappa shape index (κ2) is 6.93. The molecule has 3 rings (SSSR count). The number of rotatable bonds is 7. The number of aliphatic carboxylic acids is 1. The van der Waals surface area contributed by atoms with E-state index in [1.807, 2.05) is 0 Å². The maximum Gasteiger partial charge on any atom is 0.303 e. The van der Waals surface area contributed by atoms with E-state index in [-0.39, 0.29) is 24.2 Å². The van der Waals surface area contributed by atoms with Crippen molar-refractivity contribution in [1.82, 2.24) is 0 Å². The lowest BCUT2D eigenvalue weighted by Gasteiger charge is -2.31. The Kier molecular flexibility index (Phi) is 5.00. The number of ether oxygens (including phenoxy) is 1. The van der Waals surface area contributed by atoms with Gasteiger partial charge in [-0.3, -0.25) is 4.79 Å². The Balaban J connectivity index is 1.88. The van der Waals surface area contributed by atoms with Crippen LogP contribution in [-0.4, -0.2) is 28.5 Å². The van der Waals surface area contributed by atoms with Crippen LogP contribution in [0.1, 0.15) is 30.4 Å². The molecule has 7 heteroatoms. The molecule has 0 aromatic heterocycles. The first-order chi connectivity index (χ1) is 12.2. The van der Waals surface area contributed by atoms with Crippen LogP contribution in [-0.2, 0) is 10.4 Å². The van der Waals surface area contributed by atoms with Crippen molar-refractivity contribution in [2.75, 3.05) is 6.61 Å². The number of fused-ring (bicyclic) bond motifs is 3. The Morgan fingerprint density at radius 1 is 1.12 bits per heavy atom. The van der Waals surface area contributed by atoms with Gasteiger partial charge in [-0.25, -0.2) is 0 Å². The number of benzene rings is 2. The highest BCUT2D eigenvalue weighted by atomic mass is 31.0. The molecule has 2 aromatic rings. The highest BCUT2D eigenvalue weighted by molar-refractivity contribution is 7.18. The molecule has 2 aromatic carbocycles. The van der Waals surface area contributed by atoms with Crippen LogP contribution in [0.2, 0.25) is 0 Å². The van der Waals surface area contributed by atoms with E-state index in [9.17, 15) is 18.7 Å². The average molecular weight is 380 g/mol. The predicted octanol–water partition coefficient (Wildman–Crippen LogP) is 4.00. The van der Waals surface area contributed by atoms with E-state index in [2.05, 4.69) is 0 Å². The fraction of sp³-hybridized carbons (Fsp3) is 0.316. The van der Waals surface area contributed by atoms with Gasteiger partial charge in [-0.2, -0.15) is 8.78 Å². The lowest BCUT2D eigenvalue weighted by atomic mass is 9.91. The van der Waals surface area contributed by atoms with Crippen LogP contribution in [0.3, 0.4) is 0 Å². The van der Waals surface area contributed by atoms with Crippen molar-refractivity contribution in [3.05, 3.63) is 53.6 Å². The minimum atomic E-state index is -3.46. The number of halogens is 2. The van der Waals surface area contributed by atoms with E-state index in [4.69, 9.17) is 9.84 Å². The van der Waals surface area contributed by atoms with Gasteiger partial charge in [0.05, 0.1) is 6.61 Å². The first kappa shape index (κ1) is 18.7. The number of aliphatic hydroxyl groups is 1. The molecule has 1 aliphatic carbocycles. The van der Waals surface area contributed by atoms with Crippen LogP contribution in [0, 0.1) is 0 Å². The molecule has 0 radical (unpaired) electrons. The lowest BCUT2D eigenvalue weighted by molar-refractivity contribution is -0.137. The van der Waals surface area contributed by atoms with Crippen molar-refractivity contribution in [2.24, 2.45) is 0 Å². The smallest absolute Gasteiger partial charge is 0.303 e. The van der Waals surface area contributed by atoms with Crippen molar-refractivity contribution >= 4 is 15.2 Å². The third-order valence-corrected chi connectivity index (χ3v) is 4.94. The normalized spacial score (nSPS) is 18.3. The molecule has 0 saturated heterocycles. The standard InChI is InChI=1S/C19H19F2O4P/c20-19(21,26)18(24)15-6-2-1-5-13(15)14-9-8-12(11-16(14)18)25-10-4-3-7-17(22)23/h1-2,5-6,8-9,11,24H,3-4,7,10,26H2,(H,22,23). The molecule has 0 saturated carbocycles. The van der Waals surface area contributed by atoms with Crippen LogP contribution < -0.4 is 4.74 Å². The molecule has 0 bridgehead atoms. The molecular weight excluding hydrogens is 361 g/mol. The molecule has 0 amide bonds. The Labute approximate surface area is 152 Å². The van der Waals surface area contributed by atoms with E-state index in [0.29, 0.717) is 29.7 Å². The summed E-state index contributed by atoms with van der Waals surface area (Å²) in [4.78, 5) is 10.5. The van der Waals surface area contributed by atoms with E-state index < -0.39 is 17.2 Å². The van der Waals surface area contributed by atoms with Crippen molar-refractivity contribution < 1.29 is 28.5 Å². The molecular formula is C19H19F2O4P. The third-order valence-electron chi connectivity index (χ3n) is 4.52. The molecule has 2 atom stereocenters. The summed E-state index contributed by atoms with van der Waals surface area (Å²) in [5.74, 6) is -0.507. The maximum atomic E-state index is 14.3. The highest BCUT2D eigenvalue weighted by Gasteiger charge is 2.56. The van der Waals surface area contributed by atoms with Crippen LogP contribution >= 0.6 is 9.24 Å². The lowest BCUT2D eigenvalue weighted by Crippen LogP contribution is -2.40. The number of hydrogen-bond acceptors (Lipinski definition) is 3. The number of carboxylic acids is 1. The summed E-state index contributed by atoms with van der Waals surface area (Å²) in [6.45, 7) is 0.273. The molecule has 4 nitrogen and oxygen atoms in total. The van der Waals surface area contributed by atoms with Gasteiger partial charge in [0.2, 0.25) is 0 Å². The van der Waals surface area contributed by atoms with E-state index in [0.717, 1.165) is 0 Å². The van der Waals surface area contributed by atoms with Crippen molar-refractivity contribution in [2.45, 2.75) is 30.5 Å². The Morgan fingerprint density at radius 3 is 2.50 bits per heavy atom. The zero-order valence-corrected chi connectivity index (χ0v) is 15.1. The molecule has 0 aliphatic heterocycles. The molecule has 0 spiro atoms. The third kappa shape index (κ3) is 3.19. The van der Waals surface area contributed by atoms with Crippen molar-refractivity contribution in [3.63, 3.8) is 0 Å². The quantitative estimate of drug-likeness (QED) is 0.563.